The van der Waals surface area contributed by atoms with Crippen LogP contribution >= 0.6 is 0 Å². The van der Waals surface area contributed by atoms with Crippen molar-refractivity contribution in [1.29, 1.82) is 0 Å². The molecule has 1 heterocycles. The van der Waals surface area contributed by atoms with E-state index < -0.39 is 7.12 Å². The van der Waals surface area contributed by atoms with Crippen molar-refractivity contribution in [3.63, 3.8) is 0 Å². The van der Waals surface area contributed by atoms with E-state index in [1.54, 1.807) is 0 Å². The zero-order valence-electron chi connectivity index (χ0n) is 5.02. The van der Waals surface area contributed by atoms with Crippen LogP contribution < -0.4 is 5.46 Å². The van der Waals surface area contributed by atoms with Crippen LogP contribution in [0.2, 0.25) is 0 Å². The van der Waals surface area contributed by atoms with Gasteiger partial charge in [-0.25, -0.2) is 0 Å². The first-order chi connectivity index (χ1) is 4.75. The summed E-state index contributed by atoms with van der Waals surface area (Å²) in [4.78, 5) is 10.1. The van der Waals surface area contributed by atoms with Crippen LogP contribution in [-0.4, -0.2) is 23.5 Å². The number of furan rings is 1. The van der Waals surface area contributed by atoms with Gasteiger partial charge in [-0.2, -0.15) is 0 Å². The van der Waals surface area contributed by atoms with Crippen molar-refractivity contribution in [2.75, 3.05) is 0 Å². The van der Waals surface area contributed by atoms with Gasteiger partial charge in [-0.1, -0.05) is 0 Å². The zero-order chi connectivity index (χ0) is 7.56. The Balaban J connectivity index is 3.01. The molecule has 52 valence electrons. The molecule has 0 aliphatic heterocycles. The fraction of sp³-hybridized carbons (Fsp3) is 0. The molecule has 0 atom stereocenters. The second-order valence-corrected chi connectivity index (χ2v) is 1.73. The first kappa shape index (κ1) is 7.05. The zero-order valence-corrected chi connectivity index (χ0v) is 5.02. The van der Waals surface area contributed by atoms with Crippen LogP contribution in [0.4, 0.5) is 0 Å². The topological polar surface area (TPSA) is 70.7 Å². The Morgan fingerprint density at radius 1 is 1.60 bits per heavy atom. The third-order valence-corrected chi connectivity index (χ3v) is 1.11. The van der Waals surface area contributed by atoms with Gasteiger partial charge in [0.1, 0.15) is 0 Å². The molecule has 0 fully saturated rings. The van der Waals surface area contributed by atoms with Gasteiger partial charge >= 0.3 is 7.12 Å². The van der Waals surface area contributed by atoms with Crippen LogP contribution in [0.5, 0.6) is 0 Å². The second-order valence-electron chi connectivity index (χ2n) is 1.73. The minimum absolute atomic E-state index is 0.0463. The molecule has 4 nitrogen and oxygen atoms in total. The summed E-state index contributed by atoms with van der Waals surface area (Å²) < 4.78 is 4.59. The molecule has 5 heteroatoms. The minimum Gasteiger partial charge on any atom is -0.462 e. The number of carbonyl (C=O) groups excluding carboxylic acids is 1. The Morgan fingerprint density at radius 3 is 2.70 bits per heavy atom. The quantitative estimate of drug-likeness (QED) is 0.398. The number of carbonyl (C=O) groups is 1. The monoisotopic (exact) mass is 140 g/mol. The SMILES string of the molecule is O=Cc1occc1B(O)O. The fourth-order valence-corrected chi connectivity index (χ4v) is 0.640. The molecule has 2 N–H and O–H groups in total. The third-order valence-electron chi connectivity index (χ3n) is 1.11. The van der Waals surface area contributed by atoms with Crippen LogP contribution in [0.15, 0.2) is 16.7 Å². The Morgan fingerprint density at radius 2 is 2.30 bits per heavy atom. The molecular weight excluding hydrogens is 135 g/mol. The highest BCUT2D eigenvalue weighted by Gasteiger charge is 2.17. The van der Waals surface area contributed by atoms with Crippen LogP contribution in [-0.2, 0) is 0 Å². The molecule has 0 aromatic carbocycles. The highest BCUT2D eigenvalue weighted by Crippen LogP contribution is 1.93. The predicted molar refractivity (Wildman–Crippen MR) is 33.9 cm³/mol. The summed E-state index contributed by atoms with van der Waals surface area (Å²) in [7, 11) is -1.64. The van der Waals surface area contributed by atoms with Gasteiger partial charge in [-0.15, -0.1) is 0 Å². The lowest BCUT2D eigenvalue weighted by atomic mass is 9.81. The van der Waals surface area contributed by atoms with E-state index in [0.29, 0.717) is 6.29 Å². The van der Waals surface area contributed by atoms with Crippen LogP contribution in [0, 0.1) is 0 Å². The predicted octanol–water partition coefficient (Wildman–Crippen LogP) is -1.23. The molecule has 0 spiro atoms. The lowest BCUT2D eigenvalue weighted by Gasteiger charge is -1.91. The molecular formula is C5H5BO4. The van der Waals surface area contributed by atoms with E-state index in [-0.39, 0.29) is 11.2 Å². The molecule has 0 unspecified atom stereocenters. The molecule has 1 aromatic rings. The molecule has 0 amide bonds. The highest BCUT2D eigenvalue weighted by molar-refractivity contribution is 6.59. The van der Waals surface area contributed by atoms with Crippen molar-refractivity contribution >= 4 is 18.9 Å². The second kappa shape index (κ2) is 2.68. The Bertz CT molecular complexity index is 229. The van der Waals surface area contributed by atoms with E-state index in [1.807, 2.05) is 0 Å². The molecule has 0 saturated carbocycles. The average molecular weight is 140 g/mol. The van der Waals surface area contributed by atoms with Gasteiger partial charge in [0.25, 0.3) is 0 Å². The van der Waals surface area contributed by atoms with Crippen molar-refractivity contribution in [2.45, 2.75) is 0 Å². The molecule has 0 aliphatic rings. The summed E-state index contributed by atoms with van der Waals surface area (Å²) in [5, 5.41) is 17.1. The van der Waals surface area contributed by atoms with E-state index in [9.17, 15) is 4.79 Å². The number of rotatable bonds is 2. The van der Waals surface area contributed by atoms with Crippen LogP contribution in [0.3, 0.4) is 0 Å². The smallest absolute Gasteiger partial charge is 0.462 e. The largest absolute Gasteiger partial charge is 0.492 e. The van der Waals surface area contributed by atoms with E-state index in [0.717, 1.165) is 0 Å². The molecule has 0 saturated heterocycles. The standard InChI is InChI=1S/C5H5BO4/c7-3-5-4(6(8)9)1-2-10-5/h1-3,8-9H. The van der Waals surface area contributed by atoms with E-state index in [4.69, 9.17) is 10.0 Å². The molecule has 1 aromatic heterocycles. The van der Waals surface area contributed by atoms with Gasteiger partial charge < -0.3 is 14.5 Å². The van der Waals surface area contributed by atoms with Gasteiger partial charge in [0.2, 0.25) is 0 Å². The highest BCUT2D eigenvalue weighted by atomic mass is 16.4. The number of hydrogen-bond donors (Lipinski definition) is 2. The van der Waals surface area contributed by atoms with E-state index in [1.165, 1.54) is 12.3 Å². The first-order valence-corrected chi connectivity index (χ1v) is 2.64. The number of hydrogen-bond acceptors (Lipinski definition) is 4. The van der Waals surface area contributed by atoms with Crippen molar-refractivity contribution in [1.82, 2.24) is 0 Å². The Kier molecular flexibility index (Phi) is 1.89. The molecule has 0 bridgehead atoms. The number of aldehydes is 1. The maximum Gasteiger partial charge on any atom is 0.492 e. The minimum atomic E-state index is -1.64. The lowest BCUT2D eigenvalue weighted by Crippen LogP contribution is -2.31. The van der Waals surface area contributed by atoms with Crippen molar-refractivity contribution < 1.29 is 19.3 Å². The summed E-state index contributed by atoms with van der Waals surface area (Å²) in [5.41, 5.74) is 0.0926. The summed E-state index contributed by atoms with van der Waals surface area (Å²) >= 11 is 0. The summed E-state index contributed by atoms with van der Waals surface area (Å²) in [5.74, 6) is -0.0463. The van der Waals surface area contributed by atoms with Crippen molar-refractivity contribution in [3.8, 4) is 0 Å². The maximum atomic E-state index is 10.1. The third kappa shape index (κ3) is 1.10. The lowest BCUT2D eigenvalue weighted by molar-refractivity contribution is 0.110. The average Bonchev–Trinajstić information content (AvgIpc) is 2.33. The van der Waals surface area contributed by atoms with Gasteiger partial charge in [-0.3, -0.25) is 4.79 Å². The summed E-state index contributed by atoms with van der Waals surface area (Å²) in [6.07, 6.45) is 1.65. The van der Waals surface area contributed by atoms with Crippen molar-refractivity contribution in [3.05, 3.63) is 18.1 Å². The van der Waals surface area contributed by atoms with E-state index >= 15 is 0 Å². The van der Waals surface area contributed by atoms with Crippen molar-refractivity contribution in [2.24, 2.45) is 0 Å². The summed E-state index contributed by atoms with van der Waals surface area (Å²) in [6, 6.07) is 1.33. The van der Waals surface area contributed by atoms with Gasteiger partial charge in [0.15, 0.2) is 12.0 Å². The Hall–Kier alpha value is -1.07. The molecule has 10 heavy (non-hydrogen) atoms. The van der Waals surface area contributed by atoms with Crippen LogP contribution in [0.1, 0.15) is 10.6 Å². The first-order valence-electron chi connectivity index (χ1n) is 2.64. The molecule has 0 radical (unpaired) electrons. The Labute approximate surface area is 57.2 Å². The summed E-state index contributed by atoms with van der Waals surface area (Å²) in [6.45, 7) is 0. The molecule has 1 rings (SSSR count). The van der Waals surface area contributed by atoms with Gasteiger partial charge in [0, 0.05) is 5.46 Å². The fourth-order valence-electron chi connectivity index (χ4n) is 0.640. The van der Waals surface area contributed by atoms with E-state index in [2.05, 4.69) is 4.42 Å². The maximum absolute atomic E-state index is 10.1. The van der Waals surface area contributed by atoms with Gasteiger partial charge in [-0.05, 0) is 6.07 Å². The normalized spacial score (nSPS) is 9.40. The van der Waals surface area contributed by atoms with Gasteiger partial charge in [0.05, 0.1) is 6.26 Å². The van der Waals surface area contributed by atoms with Crippen LogP contribution in [0.25, 0.3) is 0 Å². The molecule has 0 aliphatic carbocycles.